The first-order valence-electron chi connectivity index (χ1n) is 10.5. The van der Waals surface area contributed by atoms with Gasteiger partial charge in [-0.15, -0.1) is 0 Å². The molecule has 28 heavy (non-hydrogen) atoms. The van der Waals surface area contributed by atoms with Gasteiger partial charge in [0.25, 0.3) is 5.91 Å². The molecule has 0 unspecified atom stereocenters. The molecule has 0 aromatic carbocycles. The monoisotopic (exact) mass is 385 g/mol. The second-order valence-electron chi connectivity index (χ2n) is 9.05. The Kier molecular flexibility index (Phi) is 5.36. The summed E-state index contributed by atoms with van der Waals surface area (Å²) in [6, 6.07) is 0. The normalized spacial score (nSPS) is 25.6. The van der Waals surface area contributed by atoms with E-state index in [-0.39, 0.29) is 17.2 Å². The van der Waals surface area contributed by atoms with E-state index >= 15 is 0 Å². The maximum absolute atomic E-state index is 13.0. The molecule has 2 aliphatic heterocycles. The summed E-state index contributed by atoms with van der Waals surface area (Å²) < 4.78 is 0. The van der Waals surface area contributed by atoms with Gasteiger partial charge in [-0.2, -0.15) is 0 Å². The van der Waals surface area contributed by atoms with Gasteiger partial charge in [-0.25, -0.2) is 9.97 Å². The van der Waals surface area contributed by atoms with E-state index in [0.29, 0.717) is 17.9 Å². The van der Waals surface area contributed by atoms with Crippen molar-refractivity contribution in [3.8, 4) is 0 Å². The van der Waals surface area contributed by atoms with Crippen molar-refractivity contribution in [2.24, 2.45) is 5.41 Å². The van der Waals surface area contributed by atoms with Crippen molar-refractivity contribution in [2.45, 2.75) is 44.4 Å². The molecule has 7 heteroatoms. The van der Waals surface area contributed by atoms with E-state index in [2.05, 4.69) is 14.9 Å². The minimum absolute atomic E-state index is 0.0261. The Balaban J connectivity index is 1.42. The number of carbonyl (C=O) groups excluding carboxylic acids is 2. The third-order valence-electron chi connectivity index (χ3n) is 6.38. The molecule has 0 radical (unpaired) electrons. The zero-order valence-corrected chi connectivity index (χ0v) is 17.1. The van der Waals surface area contributed by atoms with Gasteiger partial charge in [-0.3, -0.25) is 9.59 Å². The fourth-order valence-electron chi connectivity index (χ4n) is 4.52. The second kappa shape index (κ2) is 7.78. The molecule has 1 aromatic heterocycles. The molecule has 3 aliphatic rings. The number of carbonyl (C=O) groups is 2. The molecule has 3 fully saturated rings. The van der Waals surface area contributed by atoms with Gasteiger partial charge in [0.1, 0.15) is 5.82 Å². The maximum Gasteiger partial charge on any atom is 0.257 e. The molecular weight excluding hydrogens is 354 g/mol. The van der Waals surface area contributed by atoms with E-state index < -0.39 is 0 Å². The molecule has 1 aliphatic carbocycles. The summed E-state index contributed by atoms with van der Waals surface area (Å²) in [5, 5.41) is 0. The highest BCUT2D eigenvalue weighted by Crippen LogP contribution is 2.39. The summed E-state index contributed by atoms with van der Waals surface area (Å²) in [6.45, 7) is 3.90. The lowest BCUT2D eigenvalue weighted by atomic mass is 9.73. The van der Waals surface area contributed by atoms with E-state index in [9.17, 15) is 9.59 Å². The van der Waals surface area contributed by atoms with Gasteiger partial charge < -0.3 is 14.7 Å². The molecule has 1 spiro atoms. The van der Waals surface area contributed by atoms with Crippen LogP contribution in [0.5, 0.6) is 0 Å². The van der Waals surface area contributed by atoms with Crippen LogP contribution in [0.2, 0.25) is 0 Å². The van der Waals surface area contributed by atoms with Crippen molar-refractivity contribution in [3.05, 3.63) is 23.8 Å². The standard InChI is InChI=1S/C21H31N5O2/c1-24(2)10-11-25-14-21(8-6-18(25)27)7-3-9-26(15-21)20(28)17-12-22-19(23-13-17)16-4-5-16/h12-13,16H,3-11,14-15H2,1-2H3/t21-/m0/s1. The van der Waals surface area contributed by atoms with Crippen LogP contribution in [0.4, 0.5) is 0 Å². The minimum Gasteiger partial charge on any atom is -0.341 e. The van der Waals surface area contributed by atoms with Crippen LogP contribution in [0.3, 0.4) is 0 Å². The summed E-state index contributed by atoms with van der Waals surface area (Å²) in [6.07, 6.45) is 9.24. The Bertz CT molecular complexity index is 731. The summed E-state index contributed by atoms with van der Waals surface area (Å²) in [7, 11) is 4.06. The Morgan fingerprint density at radius 2 is 1.96 bits per heavy atom. The average molecular weight is 386 g/mol. The van der Waals surface area contributed by atoms with E-state index in [1.165, 1.54) is 0 Å². The van der Waals surface area contributed by atoms with Crippen molar-refractivity contribution in [1.29, 1.82) is 0 Å². The van der Waals surface area contributed by atoms with Crippen LogP contribution < -0.4 is 0 Å². The molecule has 7 nitrogen and oxygen atoms in total. The zero-order chi connectivity index (χ0) is 19.7. The smallest absolute Gasteiger partial charge is 0.257 e. The fourth-order valence-corrected chi connectivity index (χ4v) is 4.52. The van der Waals surface area contributed by atoms with Crippen molar-refractivity contribution in [2.75, 3.05) is 46.8 Å². The highest BCUT2D eigenvalue weighted by Gasteiger charge is 2.42. The Hall–Kier alpha value is -2.02. The number of amides is 2. The number of hydrogen-bond donors (Lipinski definition) is 0. The maximum atomic E-state index is 13.0. The van der Waals surface area contributed by atoms with Crippen LogP contribution in [0.15, 0.2) is 12.4 Å². The van der Waals surface area contributed by atoms with E-state index in [0.717, 1.165) is 70.7 Å². The highest BCUT2D eigenvalue weighted by atomic mass is 16.2. The number of aromatic nitrogens is 2. The lowest BCUT2D eigenvalue weighted by molar-refractivity contribution is -0.139. The van der Waals surface area contributed by atoms with Gasteiger partial charge in [-0.1, -0.05) is 0 Å². The van der Waals surface area contributed by atoms with Gasteiger partial charge in [0.05, 0.1) is 5.56 Å². The second-order valence-corrected chi connectivity index (χ2v) is 9.05. The van der Waals surface area contributed by atoms with Crippen LogP contribution >= 0.6 is 0 Å². The fraction of sp³-hybridized carbons (Fsp3) is 0.714. The molecule has 0 bridgehead atoms. The molecule has 0 N–H and O–H groups in total. The Labute approximate surface area is 167 Å². The molecule has 152 valence electrons. The third kappa shape index (κ3) is 4.19. The molecule has 2 saturated heterocycles. The van der Waals surface area contributed by atoms with Crippen LogP contribution in [0.1, 0.15) is 60.6 Å². The lowest BCUT2D eigenvalue weighted by Gasteiger charge is -2.48. The molecule has 1 aromatic rings. The number of piperidine rings is 2. The first kappa shape index (κ1) is 19.3. The van der Waals surface area contributed by atoms with E-state index in [4.69, 9.17) is 0 Å². The number of hydrogen-bond acceptors (Lipinski definition) is 5. The minimum atomic E-state index is 0.0261. The molecule has 1 saturated carbocycles. The molecule has 2 amide bonds. The zero-order valence-electron chi connectivity index (χ0n) is 17.1. The SMILES string of the molecule is CN(C)CCN1C[C@]2(CCCN(C(=O)c3cnc(C4CC4)nc3)C2)CCC1=O. The number of rotatable bonds is 5. The largest absolute Gasteiger partial charge is 0.341 e. The Morgan fingerprint density at radius 3 is 2.64 bits per heavy atom. The number of likely N-dealkylation sites (N-methyl/N-ethyl adjacent to an activating group) is 1. The van der Waals surface area contributed by atoms with Gasteiger partial charge in [-0.05, 0) is 46.2 Å². The molecule has 3 heterocycles. The van der Waals surface area contributed by atoms with Gasteiger partial charge in [0.2, 0.25) is 5.91 Å². The summed E-state index contributed by atoms with van der Waals surface area (Å²) in [5.74, 6) is 1.64. The van der Waals surface area contributed by atoms with Gasteiger partial charge in [0.15, 0.2) is 0 Å². The number of likely N-dealkylation sites (tertiary alicyclic amines) is 2. The third-order valence-corrected chi connectivity index (χ3v) is 6.38. The van der Waals surface area contributed by atoms with E-state index in [1.807, 2.05) is 23.9 Å². The van der Waals surface area contributed by atoms with Gasteiger partial charge >= 0.3 is 0 Å². The lowest BCUT2D eigenvalue weighted by Crippen LogP contribution is -2.55. The topological polar surface area (TPSA) is 69.6 Å². The van der Waals surface area contributed by atoms with Crippen molar-refractivity contribution >= 4 is 11.8 Å². The van der Waals surface area contributed by atoms with Crippen LogP contribution in [0.25, 0.3) is 0 Å². The summed E-state index contributed by atoms with van der Waals surface area (Å²) >= 11 is 0. The first-order chi connectivity index (χ1) is 13.5. The quantitative estimate of drug-likeness (QED) is 0.772. The summed E-state index contributed by atoms with van der Waals surface area (Å²) in [4.78, 5) is 40.3. The predicted molar refractivity (Wildman–Crippen MR) is 106 cm³/mol. The Morgan fingerprint density at radius 1 is 1.21 bits per heavy atom. The van der Waals surface area contributed by atoms with Crippen molar-refractivity contribution in [1.82, 2.24) is 24.7 Å². The first-order valence-corrected chi connectivity index (χ1v) is 10.5. The van der Waals surface area contributed by atoms with Crippen LogP contribution in [0, 0.1) is 5.41 Å². The summed E-state index contributed by atoms with van der Waals surface area (Å²) in [5.41, 5.74) is 0.612. The van der Waals surface area contributed by atoms with Crippen LogP contribution in [-0.2, 0) is 4.79 Å². The van der Waals surface area contributed by atoms with Crippen molar-refractivity contribution < 1.29 is 9.59 Å². The van der Waals surface area contributed by atoms with Crippen LogP contribution in [-0.4, -0.2) is 83.3 Å². The highest BCUT2D eigenvalue weighted by molar-refractivity contribution is 5.93. The van der Waals surface area contributed by atoms with Crippen molar-refractivity contribution in [3.63, 3.8) is 0 Å². The number of nitrogens with zero attached hydrogens (tertiary/aromatic N) is 5. The molecule has 4 rings (SSSR count). The predicted octanol–water partition coefficient (Wildman–Crippen LogP) is 1.76. The molecule has 1 atom stereocenters. The average Bonchev–Trinajstić information content (AvgIpc) is 3.54. The van der Waals surface area contributed by atoms with E-state index in [1.54, 1.807) is 12.4 Å². The van der Waals surface area contributed by atoms with Gasteiger partial charge in [0, 0.05) is 62.9 Å². The molecular formula is C21H31N5O2.